The van der Waals surface area contributed by atoms with Gasteiger partial charge in [-0.2, -0.15) is 0 Å². The Hall–Kier alpha value is -3.55. The van der Waals surface area contributed by atoms with Gasteiger partial charge in [-0.3, -0.25) is 4.79 Å². The van der Waals surface area contributed by atoms with Crippen LogP contribution in [0.3, 0.4) is 0 Å². The van der Waals surface area contributed by atoms with E-state index in [9.17, 15) is 4.79 Å². The van der Waals surface area contributed by atoms with Crippen LogP contribution in [0.5, 0.6) is 11.5 Å². The maximum Gasteiger partial charge on any atom is 0.293 e. The van der Waals surface area contributed by atoms with E-state index in [1.807, 2.05) is 36.4 Å². The van der Waals surface area contributed by atoms with Gasteiger partial charge in [-0.1, -0.05) is 35.3 Å². The van der Waals surface area contributed by atoms with Crippen molar-refractivity contribution in [3.05, 3.63) is 76.5 Å². The third-order valence-corrected chi connectivity index (χ3v) is 5.18. The Morgan fingerprint density at radius 3 is 2.34 bits per heavy atom. The van der Waals surface area contributed by atoms with E-state index in [1.54, 1.807) is 24.3 Å². The zero-order chi connectivity index (χ0) is 22.7. The van der Waals surface area contributed by atoms with Crippen molar-refractivity contribution in [2.75, 3.05) is 24.9 Å². The van der Waals surface area contributed by atoms with E-state index in [-0.39, 0.29) is 5.82 Å². The lowest BCUT2D eigenvalue weighted by Gasteiger charge is -2.14. The van der Waals surface area contributed by atoms with Crippen LogP contribution in [0.2, 0.25) is 10.0 Å². The molecule has 1 aromatic heterocycles. The van der Waals surface area contributed by atoms with Gasteiger partial charge < -0.3 is 20.1 Å². The minimum Gasteiger partial charge on any atom is -0.495 e. The fourth-order valence-electron chi connectivity index (χ4n) is 3.08. The number of carbonyl (C=O) groups excluding carboxylic acids is 1. The van der Waals surface area contributed by atoms with Crippen LogP contribution in [0.15, 0.2) is 60.7 Å². The highest BCUT2D eigenvalue weighted by molar-refractivity contribution is 6.32. The van der Waals surface area contributed by atoms with Crippen molar-refractivity contribution in [1.82, 2.24) is 9.97 Å². The Morgan fingerprint density at radius 2 is 1.62 bits per heavy atom. The first kappa shape index (κ1) is 21.7. The number of benzene rings is 3. The van der Waals surface area contributed by atoms with Gasteiger partial charge in [0.15, 0.2) is 0 Å². The molecule has 0 bridgehead atoms. The molecule has 0 saturated carbocycles. The van der Waals surface area contributed by atoms with Gasteiger partial charge in [0.1, 0.15) is 17.3 Å². The molecule has 4 aromatic rings. The first-order valence-electron chi connectivity index (χ1n) is 9.50. The highest BCUT2D eigenvalue weighted by Gasteiger charge is 2.18. The number of hydrogen-bond donors (Lipinski definition) is 2. The van der Waals surface area contributed by atoms with Gasteiger partial charge in [-0.15, -0.1) is 0 Å². The molecule has 4 rings (SSSR count). The topological polar surface area (TPSA) is 85.4 Å². The molecule has 9 heteroatoms. The molecular weight excluding hydrogens is 451 g/mol. The van der Waals surface area contributed by atoms with E-state index in [0.29, 0.717) is 38.6 Å². The van der Waals surface area contributed by atoms with Gasteiger partial charge in [0.25, 0.3) is 5.91 Å². The minimum absolute atomic E-state index is 0.0193. The summed E-state index contributed by atoms with van der Waals surface area (Å²) >= 11 is 12.2. The molecule has 0 fully saturated rings. The van der Waals surface area contributed by atoms with Gasteiger partial charge >= 0.3 is 0 Å². The molecule has 3 aromatic carbocycles. The molecule has 0 radical (unpaired) electrons. The SMILES string of the molecule is COc1cc(OC)c(NC(=O)c2nc(Nc3ccc(Cl)cc3)c3ccccc3n2)cc1Cl. The molecular formula is C23H18Cl2N4O3. The van der Waals surface area contributed by atoms with E-state index < -0.39 is 5.91 Å². The lowest BCUT2D eigenvalue weighted by molar-refractivity contribution is 0.101. The zero-order valence-corrected chi connectivity index (χ0v) is 18.7. The van der Waals surface area contributed by atoms with E-state index >= 15 is 0 Å². The number of fused-ring (bicyclic) bond motifs is 1. The van der Waals surface area contributed by atoms with Crippen LogP contribution >= 0.6 is 23.2 Å². The number of nitrogens with zero attached hydrogens (tertiary/aromatic N) is 2. The van der Waals surface area contributed by atoms with Gasteiger partial charge in [0.05, 0.1) is 30.4 Å². The summed E-state index contributed by atoms with van der Waals surface area (Å²) in [4.78, 5) is 21.9. The number of amides is 1. The molecule has 0 aliphatic carbocycles. The second-order valence-electron chi connectivity index (χ2n) is 6.69. The zero-order valence-electron chi connectivity index (χ0n) is 17.1. The molecule has 0 aliphatic rings. The number of halogens is 2. The number of rotatable bonds is 6. The third kappa shape index (κ3) is 4.54. The molecule has 0 aliphatic heterocycles. The van der Waals surface area contributed by atoms with E-state index in [0.717, 1.165) is 11.1 Å². The van der Waals surface area contributed by atoms with Gasteiger partial charge in [-0.25, -0.2) is 9.97 Å². The van der Waals surface area contributed by atoms with Crippen molar-refractivity contribution in [3.8, 4) is 11.5 Å². The van der Waals surface area contributed by atoms with Crippen LogP contribution in [-0.2, 0) is 0 Å². The number of ether oxygens (including phenoxy) is 2. The lowest BCUT2D eigenvalue weighted by Crippen LogP contribution is -2.17. The third-order valence-electron chi connectivity index (χ3n) is 4.64. The maximum atomic E-state index is 13.0. The standard InChI is InChI=1S/C23H18Cl2N4O3/c1-31-19-12-20(32-2)18(11-16(19)25)28-23(30)22-27-17-6-4-3-5-15(17)21(29-22)26-14-9-7-13(24)8-10-14/h3-12H,1-2H3,(H,28,30)(H,26,27,29). The normalized spacial score (nSPS) is 10.6. The fraction of sp³-hybridized carbons (Fsp3) is 0.0870. The summed E-state index contributed by atoms with van der Waals surface area (Å²) in [5.41, 5.74) is 1.75. The molecule has 1 amide bonds. The van der Waals surface area contributed by atoms with Crippen molar-refractivity contribution < 1.29 is 14.3 Å². The monoisotopic (exact) mass is 468 g/mol. The van der Waals surface area contributed by atoms with Crippen molar-refractivity contribution >= 4 is 57.2 Å². The molecule has 7 nitrogen and oxygen atoms in total. The quantitative estimate of drug-likeness (QED) is 0.363. The Labute approximate surface area is 194 Å². The molecule has 0 spiro atoms. The first-order valence-corrected chi connectivity index (χ1v) is 10.3. The van der Waals surface area contributed by atoms with E-state index in [2.05, 4.69) is 20.6 Å². The molecule has 32 heavy (non-hydrogen) atoms. The van der Waals surface area contributed by atoms with E-state index in [1.165, 1.54) is 14.2 Å². The Morgan fingerprint density at radius 1 is 0.906 bits per heavy atom. The first-order chi connectivity index (χ1) is 15.5. The number of para-hydroxylation sites is 1. The summed E-state index contributed by atoms with van der Waals surface area (Å²) in [6.07, 6.45) is 0. The average molecular weight is 469 g/mol. The van der Waals surface area contributed by atoms with Crippen molar-refractivity contribution in [1.29, 1.82) is 0 Å². The van der Waals surface area contributed by atoms with Crippen LogP contribution < -0.4 is 20.1 Å². The summed E-state index contributed by atoms with van der Waals surface area (Å²) in [5, 5.41) is 7.70. The minimum atomic E-state index is -0.519. The Balaban J connectivity index is 1.71. The lowest BCUT2D eigenvalue weighted by atomic mass is 10.2. The molecule has 1 heterocycles. The predicted octanol–water partition coefficient (Wildman–Crippen LogP) is 5.95. The molecule has 0 atom stereocenters. The van der Waals surface area contributed by atoms with Crippen LogP contribution in [-0.4, -0.2) is 30.1 Å². The van der Waals surface area contributed by atoms with Crippen LogP contribution in [0.1, 0.15) is 10.6 Å². The van der Waals surface area contributed by atoms with Crippen LogP contribution in [0, 0.1) is 0 Å². The average Bonchev–Trinajstić information content (AvgIpc) is 2.80. The van der Waals surface area contributed by atoms with Crippen LogP contribution in [0.25, 0.3) is 10.9 Å². The van der Waals surface area contributed by atoms with Crippen molar-refractivity contribution in [3.63, 3.8) is 0 Å². The molecule has 0 saturated heterocycles. The fourth-order valence-corrected chi connectivity index (χ4v) is 3.45. The smallest absolute Gasteiger partial charge is 0.293 e. The number of nitrogens with one attached hydrogen (secondary N) is 2. The van der Waals surface area contributed by atoms with Gasteiger partial charge in [-0.05, 0) is 42.5 Å². The number of anilines is 3. The number of aromatic nitrogens is 2. The maximum absolute atomic E-state index is 13.0. The summed E-state index contributed by atoms with van der Waals surface area (Å²) in [7, 11) is 2.98. The highest BCUT2D eigenvalue weighted by Crippen LogP contribution is 2.36. The number of methoxy groups -OCH3 is 2. The summed E-state index contributed by atoms with van der Waals surface area (Å²) in [5.74, 6) is 0.768. The van der Waals surface area contributed by atoms with Crippen LogP contribution in [0.4, 0.5) is 17.2 Å². The number of carbonyl (C=O) groups is 1. The molecule has 2 N–H and O–H groups in total. The second-order valence-corrected chi connectivity index (χ2v) is 7.53. The van der Waals surface area contributed by atoms with Gasteiger partial charge in [0, 0.05) is 22.2 Å². The largest absolute Gasteiger partial charge is 0.495 e. The Kier molecular flexibility index (Phi) is 6.30. The van der Waals surface area contributed by atoms with Gasteiger partial charge in [0.2, 0.25) is 5.82 Å². The van der Waals surface area contributed by atoms with E-state index in [4.69, 9.17) is 32.7 Å². The second kappa shape index (κ2) is 9.30. The predicted molar refractivity (Wildman–Crippen MR) is 127 cm³/mol. The summed E-state index contributed by atoms with van der Waals surface area (Å²) in [6, 6.07) is 17.7. The van der Waals surface area contributed by atoms with Crippen molar-refractivity contribution in [2.24, 2.45) is 0 Å². The summed E-state index contributed by atoms with van der Waals surface area (Å²) < 4.78 is 10.5. The molecule has 162 valence electrons. The molecule has 0 unspecified atom stereocenters. The number of hydrogen-bond acceptors (Lipinski definition) is 6. The summed E-state index contributed by atoms with van der Waals surface area (Å²) in [6.45, 7) is 0. The Bertz CT molecular complexity index is 1300. The van der Waals surface area contributed by atoms with Crippen molar-refractivity contribution in [2.45, 2.75) is 0 Å². The highest BCUT2D eigenvalue weighted by atomic mass is 35.5.